The van der Waals surface area contributed by atoms with Gasteiger partial charge in [-0.2, -0.15) is 27.8 Å². The average molecular weight is 457 g/mol. The molecule has 10 nitrogen and oxygen atoms in total. The van der Waals surface area contributed by atoms with Crippen LogP contribution < -0.4 is 5.73 Å². The molecule has 0 fully saturated rings. The van der Waals surface area contributed by atoms with Crippen LogP contribution in [0, 0.1) is 0 Å². The van der Waals surface area contributed by atoms with Gasteiger partial charge in [0, 0.05) is 5.56 Å². The Bertz CT molecular complexity index is 1490. The molecule has 0 saturated heterocycles. The molecule has 0 spiro atoms. The summed E-state index contributed by atoms with van der Waals surface area (Å²) in [5.74, 6) is -0.474. The number of aromatic nitrogens is 6. The largest absolute Gasteiger partial charge is 0.467 e. The van der Waals surface area contributed by atoms with E-state index in [-0.39, 0.29) is 28.6 Å². The predicted octanol–water partition coefficient (Wildman–Crippen LogP) is 3.10. The second kappa shape index (κ2) is 7.32. The van der Waals surface area contributed by atoms with Crippen molar-refractivity contribution in [1.29, 1.82) is 0 Å². The molecular weight excluding hydrogens is 443 g/mol. The first-order valence-corrected chi connectivity index (χ1v) is 9.47. The molecule has 4 heterocycles. The van der Waals surface area contributed by atoms with Gasteiger partial charge in [0.05, 0.1) is 30.5 Å². The van der Waals surface area contributed by atoms with Gasteiger partial charge in [-0.1, -0.05) is 18.2 Å². The van der Waals surface area contributed by atoms with Crippen LogP contribution in [0.15, 0.2) is 53.3 Å². The predicted molar refractivity (Wildman–Crippen MR) is 108 cm³/mol. The van der Waals surface area contributed by atoms with E-state index >= 15 is 0 Å². The zero-order valence-corrected chi connectivity index (χ0v) is 16.8. The monoisotopic (exact) mass is 457 g/mol. The molecular formula is C20H14F3N7O3. The van der Waals surface area contributed by atoms with E-state index in [4.69, 9.17) is 14.9 Å². The Labute approximate surface area is 182 Å². The van der Waals surface area contributed by atoms with Gasteiger partial charge in [0.15, 0.2) is 23.1 Å². The summed E-state index contributed by atoms with van der Waals surface area (Å²) in [7, 11) is 1.07. The Balaban J connectivity index is 1.75. The van der Waals surface area contributed by atoms with Gasteiger partial charge in [0.25, 0.3) is 0 Å². The SMILES string of the molecule is COC(=O)C(c1ccccc1C(F)(F)F)n1ncc2c1nc(N)n1nc(-c3ccco3)nc21. The molecule has 33 heavy (non-hydrogen) atoms. The Morgan fingerprint density at radius 1 is 1.15 bits per heavy atom. The van der Waals surface area contributed by atoms with E-state index in [2.05, 4.69) is 20.2 Å². The van der Waals surface area contributed by atoms with E-state index < -0.39 is 23.8 Å². The van der Waals surface area contributed by atoms with Crippen LogP contribution in [0.4, 0.5) is 19.1 Å². The first-order chi connectivity index (χ1) is 15.8. The van der Waals surface area contributed by atoms with Gasteiger partial charge in [-0.05, 0) is 18.2 Å². The van der Waals surface area contributed by atoms with Crippen LogP contribution in [-0.2, 0) is 15.7 Å². The van der Waals surface area contributed by atoms with Crippen molar-refractivity contribution in [2.45, 2.75) is 12.2 Å². The molecule has 2 N–H and O–H groups in total. The molecule has 1 unspecified atom stereocenters. The highest BCUT2D eigenvalue weighted by Gasteiger charge is 2.39. The number of rotatable bonds is 4. The Morgan fingerprint density at radius 3 is 2.64 bits per heavy atom. The fourth-order valence-electron chi connectivity index (χ4n) is 3.59. The van der Waals surface area contributed by atoms with E-state index in [0.717, 1.165) is 17.9 Å². The standard InChI is InChI=1S/C20H14F3N7O3/c1-32-18(31)14(10-5-2-3-6-12(10)20(21,22)23)29-17-11(9-25-29)16-26-15(13-7-4-8-33-13)28-30(16)19(24)27-17/h2-9,14H,1H3,(H2,24,27). The zero-order valence-electron chi connectivity index (χ0n) is 16.8. The lowest BCUT2D eigenvalue weighted by Crippen LogP contribution is -2.26. The van der Waals surface area contributed by atoms with Crippen molar-refractivity contribution in [1.82, 2.24) is 29.4 Å². The third kappa shape index (κ3) is 3.24. The van der Waals surface area contributed by atoms with Crippen LogP contribution >= 0.6 is 0 Å². The summed E-state index contributed by atoms with van der Waals surface area (Å²) in [6, 6.07) is 6.42. The number of alkyl halides is 3. The molecule has 13 heteroatoms. The molecule has 5 aromatic rings. The van der Waals surface area contributed by atoms with Crippen molar-refractivity contribution < 1.29 is 27.1 Å². The van der Waals surface area contributed by atoms with E-state index in [9.17, 15) is 18.0 Å². The van der Waals surface area contributed by atoms with E-state index in [1.54, 1.807) is 12.1 Å². The maximum absolute atomic E-state index is 13.7. The van der Waals surface area contributed by atoms with Crippen molar-refractivity contribution >= 4 is 28.6 Å². The fraction of sp³-hybridized carbons (Fsp3) is 0.150. The van der Waals surface area contributed by atoms with Gasteiger partial charge in [-0.3, -0.25) is 0 Å². The summed E-state index contributed by atoms with van der Waals surface area (Å²) in [5.41, 5.74) is 4.97. The van der Waals surface area contributed by atoms with Gasteiger partial charge in [-0.25, -0.2) is 14.5 Å². The topological polar surface area (TPSA) is 126 Å². The number of nitrogens with two attached hydrogens (primary N) is 1. The molecule has 0 bridgehead atoms. The molecule has 0 amide bonds. The molecule has 1 aromatic carbocycles. The maximum atomic E-state index is 13.7. The highest BCUT2D eigenvalue weighted by molar-refractivity contribution is 5.92. The number of methoxy groups -OCH3 is 1. The van der Waals surface area contributed by atoms with Crippen LogP contribution in [0.5, 0.6) is 0 Å². The minimum atomic E-state index is -4.71. The van der Waals surface area contributed by atoms with Gasteiger partial charge >= 0.3 is 12.1 Å². The number of hydrogen-bond acceptors (Lipinski definition) is 8. The smallest absolute Gasteiger partial charge is 0.416 e. The first-order valence-electron chi connectivity index (χ1n) is 9.47. The van der Waals surface area contributed by atoms with Crippen molar-refractivity contribution in [3.05, 3.63) is 60.0 Å². The molecule has 0 radical (unpaired) electrons. The lowest BCUT2D eigenvalue weighted by Gasteiger charge is -2.20. The molecule has 168 valence electrons. The quantitative estimate of drug-likeness (QED) is 0.408. The van der Waals surface area contributed by atoms with E-state index in [0.29, 0.717) is 11.1 Å². The second-order valence-corrected chi connectivity index (χ2v) is 6.96. The number of fused-ring (bicyclic) bond motifs is 3. The summed E-state index contributed by atoms with van der Waals surface area (Å²) < 4.78 is 53.5. The van der Waals surface area contributed by atoms with E-state index in [1.165, 1.54) is 35.2 Å². The number of anilines is 1. The number of benzene rings is 1. The van der Waals surface area contributed by atoms with Crippen molar-refractivity contribution in [3.8, 4) is 11.6 Å². The molecule has 1 atom stereocenters. The number of ether oxygens (including phenoxy) is 1. The highest BCUT2D eigenvalue weighted by Crippen LogP contribution is 2.37. The highest BCUT2D eigenvalue weighted by atomic mass is 19.4. The number of esters is 1. The van der Waals surface area contributed by atoms with Gasteiger partial charge < -0.3 is 14.9 Å². The second-order valence-electron chi connectivity index (χ2n) is 6.96. The van der Waals surface area contributed by atoms with Crippen LogP contribution in [0.1, 0.15) is 17.2 Å². The van der Waals surface area contributed by atoms with E-state index in [1.807, 2.05) is 0 Å². The third-order valence-electron chi connectivity index (χ3n) is 5.03. The Morgan fingerprint density at radius 2 is 1.94 bits per heavy atom. The summed E-state index contributed by atoms with van der Waals surface area (Å²) in [5, 5.41) is 8.73. The molecule has 0 aliphatic heterocycles. The molecule has 5 rings (SSSR count). The van der Waals surface area contributed by atoms with Crippen LogP contribution in [-0.4, -0.2) is 42.4 Å². The zero-order chi connectivity index (χ0) is 23.3. The van der Waals surface area contributed by atoms with Crippen molar-refractivity contribution in [2.24, 2.45) is 0 Å². The van der Waals surface area contributed by atoms with Crippen molar-refractivity contribution in [3.63, 3.8) is 0 Å². The number of nitrogens with zero attached hydrogens (tertiary/aromatic N) is 6. The van der Waals surface area contributed by atoms with Crippen LogP contribution in [0.3, 0.4) is 0 Å². The maximum Gasteiger partial charge on any atom is 0.416 e. The van der Waals surface area contributed by atoms with Gasteiger partial charge in [0.1, 0.15) is 0 Å². The number of carbonyl (C=O) groups is 1. The van der Waals surface area contributed by atoms with Gasteiger partial charge in [-0.15, -0.1) is 5.10 Å². The summed E-state index contributed by atoms with van der Waals surface area (Å²) >= 11 is 0. The van der Waals surface area contributed by atoms with Gasteiger partial charge in [0.2, 0.25) is 11.8 Å². The lowest BCUT2D eigenvalue weighted by molar-refractivity contribution is -0.145. The lowest BCUT2D eigenvalue weighted by atomic mass is 10.00. The van der Waals surface area contributed by atoms with Crippen molar-refractivity contribution in [2.75, 3.05) is 12.8 Å². The summed E-state index contributed by atoms with van der Waals surface area (Å²) in [6.07, 6.45) is -1.93. The fourth-order valence-corrected chi connectivity index (χ4v) is 3.59. The Kier molecular flexibility index (Phi) is 4.55. The van der Waals surface area contributed by atoms with Crippen LogP contribution in [0.2, 0.25) is 0 Å². The minimum absolute atomic E-state index is 0.0331. The Hall–Kier alpha value is -4.42. The average Bonchev–Trinajstić information content (AvgIpc) is 3.53. The number of hydrogen-bond donors (Lipinski definition) is 1. The number of carbonyl (C=O) groups excluding carboxylic acids is 1. The third-order valence-corrected chi connectivity index (χ3v) is 5.03. The van der Waals surface area contributed by atoms with Crippen LogP contribution in [0.25, 0.3) is 28.3 Å². The normalized spacial score (nSPS) is 13.0. The number of nitrogen functional groups attached to an aromatic ring is 1. The number of furan rings is 1. The first kappa shape index (κ1) is 20.5. The number of halogens is 3. The summed E-state index contributed by atoms with van der Waals surface area (Å²) in [6.45, 7) is 0. The molecule has 4 aromatic heterocycles. The summed E-state index contributed by atoms with van der Waals surface area (Å²) in [4.78, 5) is 21.3. The molecule has 0 aliphatic carbocycles. The molecule has 0 saturated carbocycles. The minimum Gasteiger partial charge on any atom is -0.467 e. The molecule has 0 aliphatic rings.